The summed E-state index contributed by atoms with van der Waals surface area (Å²) in [4.78, 5) is 14.5. The maximum absolute atomic E-state index is 11.9. The summed E-state index contributed by atoms with van der Waals surface area (Å²) in [6.45, 7) is 6.31. The van der Waals surface area contributed by atoms with Gasteiger partial charge in [-0.15, -0.1) is 0 Å². The maximum Gasteiger partial charge on any atom is 0.337 e. The molecule has 1 aliphatic rings. The van der Waals surface area contributed by atoms with Crippen molar-refractivity contribution in [2.75, 3.05) is 7.11 Å². The van der Waals surface area contributed by atoms with Crippen molar-refractivity contribution in [1.82, 2.24) is 4.90 Å². The highest BCUT2D eigenvalue weighted by molar-refractivity contribution is 5.89. The fourth-order valence-electron chi connectivity index (χ4n) is 5.99. The summed E-state index contributed by atoms with van der Waals surface area (Å²) in [7, 11) is 1.43. The minimum atomic E-state index is -0.288. The average molecular weight is 550 g/mol. The lowest BCUT2D eigenvalue weighted by Gasteiger charge is -2.32. The number of hydrogen-bond donors (Lipinski definition) is 0. The van der Waals surface area contributed by atoms with Crippen LogP contribution in [0.5, 0.6) is 0 Å². The van der Waals surface area contributed by atoms with Gasteiger partial charge in [0.15, 0.2) is 0 Å². The summed E-state index contributed by atoms with van der Waals surface area (Å²) < 4.78 is 4.88. The molecule has 0 spiro atoms. The van der Waals surface area contributed by atoms with Gasteiger partial charge < -0.3 is 4.74 Å². The number of carbonyl (C=O) groups excluding carboxylic acids is 1. The van der Waals surface area contributed by atoms with E-state index >= 15 is 0 Å². The lowest BCUT2D eigenvalue weighted by molar-refractivity contribution is 0.0600. The molecule has 1 saturated carbocycles. The molecular formula is C38H47NO2. The SMILES string of the molecule is CCCCc1ccc(C#Cc2ccc(CN(Cc3ccc(C(=O)OC)cc3)C(CC)CCC3CCCC3)cc2)cc1. The molecule has 0 aliphatic heterocycles. The Kier molecular flexibility index (Phi) is 12.1. The van der Waals surface area contributed by atoms with Crippen molar-refractivity contribution in [3.05, 3.63) is 106 Å². The molecule has 0 saturated heterocycles. The maximum atomic E-state index is 11.9. The van der Waals surface area contributed by atoms with Crippen LogP contribution in [0.2, 0.25) is 0 Å². The Hall–Kier alpha value is -3.35. The fraction of sp³-hybridized carbons (Fsp3) is 0.447. The van der Waals surface area contributed by atoms with Crippen molar-refractivity contribution in [2.45, 2.75) is 97.2 Å². The number of rotatable bonds is 13. The van der Waals surface area contributed by atoms with Crippen LogP contribution in [0, 0.1) is 17.8 Å². The monoisotopic (exact) mass is 549 g/mol. The zero-order valence-electron chi connectivity index (χ0n) is 25.3. The molecule has 216 valence electrons. The largest absolute Gasteiger partial charge is 0.465 e. The Morgan fingerprint density at radius 3 is 1.88 bits per heavy atom. The molecule has 3 aromatic rings. The van der Waals surface area contributed by atoms with Crippen LogP contribution in [-0.4, -0.2) is 24.0 Å². The number of ether oxygens (including phenoxy) is 1. The summed E-state index contributed by atoms with van der Waals surface area (Å²) >= 11 is 0. The van der Waals surface area contributed by atoms with Crippen LogP contribution in [0.4, 0.5) is 0 Å². The van der Waals surface area contributed by atoms with Crippen molar-refractivity contribution in [1.29, 1.82) is 0 Å². The molecule has 0 bridgehead atoms. The van der Waals surface area contributed by atoms with Crippen molar-refractivity contribution in [2.24, 2.45) is 5.92 Å². The molecule has 41 heavy (non-hydrogen) atoms. The van der Waals surface area contributed by atoms with Gasteiger partial charge in [-0.25, -0.2) is 4.79 Å². The normalized spacial score (nSPS) is 14.0. The first-order valence-electron chi connectivity index (χ1n) is 15.7. The third kappa shape index (κ3) is 9.61. The molecule has 0 radical (unpaired) electrons. The number of unbranched alkanes of at least 4 members (excludes halogenated alkanes) is 1. The third-order valence-corrected chi connectivity index (χ3v) is 8.59. The second-order valence-electron chi connectivity index (χ2n) is 11.6. The lowest BCUT2D eigenvalue weighted by atomic mass is 9.96. The summed E-state index contributed by atoms with van der Waals surface area (Å²) in [6, 6.07) is 25.9. The van der Waals surface area contributed by atoms with Gasteiger partial charge in [-0.3, -0.25) is 4.90 Å². The second kappa shape index (κ2) is 16.2. The quantitative estimate of drug-likeness (QED) is 0.157. The van der Waals surface area contributed by atoms with Gasteiger partial charge in [-0.2, -0.15) is 0 Å². The van der Waals surface area contributed by atoms with E-state index in [-0.39, 0.29) is 5.97 Å². The van der Waals surface area contributed by atoms with Crippen LogP contribution in [0.25, 0.3) is 0 Å². The zero-order valence-corrected chi connectivity index (χ0v) is 25.3. The second-order valence-corrected chi connectivity index (χ2v) is 11.6. The minimum absolute atomic E-state index is 0.288. The van der Waals surface area contributed by atoms with E-state index in [4.69, 9.17) is 4.74 Å². The summed E-state index contributed by atoms with van der Waals surface area (Å²) in [5, 5.41) is 0. The topological polar surface area (TPSA) is 29.5 Å². The Morgan fingerprint density at radius 1 is 0.829 bits per heavy atom. The number of esters is 1. The molecule has 1 aliphatic carbocycles. The summed E-state index contributed by atoms with van der Waals surface area (Å²) in [5.74, 6) is 7.29. The van der Waals surface area contributed by atoms with Crippen LogP contribution in [0.3, 0.4) is 0 Å². The van der Waals surface area contributed by atoms with Crippen LogP contribution in [-0.2, 0) is 24.2 Å². The van der Waals surface area contributed by atoms with E-state index in [0.717, 1.165) is 43.0 Å². The highest BCUT2D eigenvalue weighted by atomic mass is 16.5. The standard InChI is InChI=1S/C38H47NO2/c1-4-6-9-31-12-14-32(15-13-31)16-17-33-18-20-34(21-19-33)28-39(37(5-2)27-24-30-10-7-8-11-30)29-35-22-25-36(26-23-35)38(40)41-3/h12-15,18-23,25-26,30,37H,4-11,24,27-29H2,1-3H3. The highest BCUT2D eigenvalue weighted by Crippen LogP contribution is 2.30. The number of benzene rings is 3. The number of carbonyl (C=O) groups is 1. The van der Waals surface area contributed by atoms with Crippen LogP contribution >= 0.6 is 0 Å². The van der Waals surface area contributed by atoms with Gasteiger partial charge >= 0.3 is 5.97 Å². The molecule has 1 atom stereocenters. The number of aryl methyl sites for hydroxylation is 1. The molecule has 3 heteroatoms. The van der Waals surface area contributed by atoms with Gasteiger partial charge in [0.2, 0.25) is 0 Å². The van der Waals surface area contributed by atoms with E-state index in [1.807, 2.05) is 12.1 Å². The molecular weight excluding hydrogens is 502 g/mol. The van der Waals surface area contributed by atoms with E-state index < -0.39 is 0 Å². The first kappa shape index (κ1) is 30.6. The molecule has 0 N–H and O–H groups in total. The Balaban J connectivity index is 1.44. The summed E-state index contributed by atoms with van der Waals surface area (Å²) in [6.07, 6.45) is 12.9. The van der Waals surface area contributed by atoms with Crippen molar-refractivity contribution >= 4 is 5.97 Å². The Morgan fingerprint density at radius 2 is 1.37 bits per heavy atom. The Bertz CT molecular complexity index is 1260. The summed E-state index contributed by atoms with van der Waals surface area (Å²) in [5.41, 5.74) is 6.62. The molecule has 4 rings (SSSR count). The molecule has 3 aromatic carbocycles. The van der Waals surface area contributed by atoms with Gasteiger partial charge in [0.25, 0.3) is 0 Å². The number of hydrogen-bond acceptors (Lipinski definition) is 3. The molecule has 1 unspecified atom stereocenters. The van der Waals surface area contributed by atoms with Crippen molar-refractivity contribution < 1.29 is 9.53 Å². The third-order valence-electron chi connectivity index (χ3n) is 8.59. The zero-order chi connectivity index (χ0) is 28.9. The number of methoxy groups -OCH3 is 1. The average Bonchev–Trinajstić information content (AvgIpc) is 3.54. The first-order chi connectivity index (χ1) is 20.1. The molecule has 0 amide bonds. The van der Waals surface area contributed by atoms with Gasteiger partial charge in [0.05, 0.1) is 12.7 Å². The smallest absolute Gasteiger partial charge is 0.337 e. The number of nitrogens with zero attached hydrogens (tertiary/aromatic N) is 1. The van der Waals surface area contributed by atoms with Gasteiger partial charge in [-0.05, 0) is 91.1 Å². The van der Waals surface area contributed by atoms with Crippen LogP contribution in [0.1, 0.15) is 110 Å². The van der Waals surface area contributed by atoms with Crippen LogP contribution < -0.4 is 0 Å². The first-order valence-corrected chi connectivity index (χ1v) is 15.7. The van der Waals surface area contributed by atoms with Crippen molar-refractivity contribution in [3.8, 4) is 11.8 Å². The minimum Gasteiger partial charge on any atom is -0.465 e. The van der Waals surface area contributed by atoms with Gasteiger partial charge in [0, 0.05) is 30.3 Å². The molecule has 0 aromatic heterocycles. The van der Waals surface area contributed by atoms with Crippen molar-refractivity contribution in [3.63, 3.8) is 0 Å². The molecule has 0 heterocycles. The highest BCUT2D eigenvalue weighted by Gasteiger charge is 2.21. The molecule has 3 nitrogen and oxygen atoms in total. The fourth-order valence-corrected chi connectivity index (χ4v) is 5.99. The predicted octanol–water partition coefficient (Wildman–Crippen LogP) is 8.97. The van der Waals surface area contributed by atoms with E-state index in [9.17, 15) is 4.79 Å². The molecule has 1 fully saturated rings. The van der Waals surface area contributed by atoms with E-state index in [1.165, 1.54) is 75.2 Å². The van der Waals surface area contributed by atoms with Gasteiger partial charge in [0.1, 0.15) is 0 Å². The van der Waals surface area contributed by atoms with Crippen LogP contribution in [0.15, 0.2) is 72.8 Å². The van der Waals surface area contributed by atoms with E-state index in [0.29, 0.717) is 11.6 Å². The van der Waals surface area contributed by atoms with E-state index in [1.54, 1.807) is 0 Å². The Labute approximate surface area is 248 Å². The predicted molar refractivity (Wildman–Crippen MR) is 170 cm³/mol. The van der Waals surface area contributed by atoms with Gasteiger partial charge in [-0.1, -0.05) is 94.2 Å². The van der Waals surface area contributed by atoms with E-state index in [2.05, 4.69) is 91.3 Å². The lowest BCUT2D eigenvalue weighted by Crippen LogP contribution is -2.34.